The van der Waals surface area contributed by atoms with E-state index in [0.717, 1.165) is 25.7 Å². The molecule has 0 rings (SSSR count). The van der Waals surface area contributed by atoms with Crippen molar-refractivity contribution in [2.75, 3.05) is 26.4 Å². The van der Waals surface area contributed by atoms with E-state index in [0.29, 0.717) is 6.42 Å². The summed E-state index contributed by atoms with van der Waals surface area (Å²) in [6.45, 7) is 2.50. The summed E-state index contributed by atoms with van der Waals surface area (Å²) in [4.78, 5) is 32.2. The van der Waals surface area contributed by atoms with Gasteiger partial charge in [-0.25, -0.2) is 4.57 Å². The van der Waals surface area contributed by atoms with Crippen molar-refractivity contribution in [3.05, 3.63) is 0 Å². The van der Waals surface area contributed by atoms with Gasteiger partial charge in [-0.2, -0.15) is 0 Å². The van der Waals surface area contributed by atoms with E-state index in [1.165, 1.54) is 6.92 Å². The number of phosphoric ester groups is 1. The van der Waals surface area contributed by atoms with Crippen molar-refractivity contribution in [3.63, 3.8) is 0 Å². The van der Waals surface area contributed by atoms with Crippen LogP contribution in [0, 0.1) is 0 Å². The van der Waals surface area contributed by atoms with Crippen LogP contribution in [-0.2, 0) is 32.7 Å². The highest BCUT2D eigenvalue weighted by atomic mass is 31.2. The van der Waals surface area contributed by atoms with Gasteiger partial charge in [-0.1, -0.05) is 32.6 Å². The third kappa shape index (κ3) is 15.0. The van der Waals surface area contributed by atoms with Gasteiger partial charge >= 0.3 is 19.8 Å². The van der Waals surface area contributed by atoms with E-state index in [2.05, 4.69) is 11.4 Å². The van der Waals surface area contributed by atoms with Gasteiger partial charge in [0.2, 0.25) is 0 Å². The Labute approximate surface area is 148 Å². The summed E-state index contributed by atoms with van der Waals surface area (Å²) in [7, 11) is -4.30. The zero-order chi connectivity index (χ0) is 19.1. The highest BCUT2D eigenvalue weighted by molar-refractivity contribution is 7.47. The minimum absolute atomic E-state index is 0.0534. The molecule has 0 saturated heterocycles. The van der Waals surface area contributed by atoms with Gasteiger partial charge in [0, 0.05) is 19.9 Å². The van der Waals surface area contributed by atoms with Crippen LogP contribution in [0.15, 0.2) is 0 Å². The normalized spacial score (nSPS) is 14.6. The molecular formula is C15H30NO8P. The van der Waals surface area contributed by atoms with Crippen molar-refractivity contribution in [3.8, 4) is 0 Å². The van der Waals surface area contributed by atoms with E-state index in [4.69, 9.17) is 19.7 Å². The van der Waals surface area contributed by atoms with Gasteiger partial charge in [0.1, 0.15) is 6.61 Å². The van der Waals surface area contributed by atoms with Crippen molar-refractivity contribution in [2.24, 2.45) is 5.73 Å². The number of hydrogen-bond acceptors (Lipinski definition) is 8. The van der Waals surface area contributed by atoms with E-state index in [1.807, 2.05) is 0 Å². The molecular weight excluding hydrogens is 353 g/mol. The summed E-state index contributed by atoms with van der Waals surface area (Å²) in [6.07, 6.45) is 4.13. The predicted molar refractivity (Wildman–Crippen MR) is 90.7 cm³/mol. The van der Waals surface area contributed by atoms with Crippen molar-refractivity contribution in [1.29, 1.82) is 0 Å². The monoisotopic (exact) mass is 383 g/mol. The second kappa shape index (κ2) is 14.2. The fraction of sp³-hybridized carbons (Fsp3) is 0.867. The quantitative estimate of drug-likeness (QED) is 0.247. The maximum absolute atomic E-state index is 11.8. The fourth-order valence-corrected chi connectivity index (χ4v) is 2.59. The molecule has 0 aromatic rings. The Morgan fingerprint density at radius 1 is 1.12 bits per heavy atom. The van der Waals surface area contributed by atoms with E-state index >= 15 is 0 Å². The zero-order valence-electron chi connectivity index (χ0n) is 15.0. The number of unbranched alkanes of at least 4 members (excludes halogenated alkanes) is 4. The van der Waals surface area contributed by atoms with Crippen LogP contribution < -0.4 is 5.73 Å². The average molecular weight is 383 g/mol. The molecule has 0 aromatic carbocycles. The molecule has 148 valence electrons. The van der Waals surface area contributed by atoms with Crippen LogP contribution in [0.5, 0.6) is 0 Å². The van der Waals surface area contributed by atoms with Crippen LogP contribution in [0.1, 0.15) is 52.4 Å². The predicted octanol–water partition coefficient (Wildman–Crippen LogP) is 1.91. The molecule has 2 atom stereocenters. The molecule has 0 aliphatic heterocycles. The zero-order valence-corrected chi connectivity index (χ0v) is 15.9. The van der Waals surface area contributed by atoms with Crippen LogP contribution in [0.3, 0.4) is 0 Å². The van der Waals surface area contributed by atoms with E-state index < -0.39 is 32.5 Å². The van der Waals surface area contributed by atoms with E-state index in [1.54, 1.807) is 0 Å². The van der Waals surface area contributed by atoms with Crippen LogP contribution in [0.4, 0.5) is 0 Å². The number of carbonyl (C=O) groups excluding carboxylic acids is 2. The number of ether oxygens (including phenoxy) is 2. The molecule has 3 N–H and O–H groups in total. The van der Waals surface area contributed by atoms with Gasteiger partial charge in [0.25, 0.3) is 0 Å². The summed E-state index contributed by atoms with van der Waals surface area (Å²) in [5.74, 6) is -1.04. The first kappa shape index (κ1) is 24.0. The smallest absolute Gasteiger partial charge is 0.462 e. The van der Waals surface area contributed by atoms with Gasteiger partial charge in [-0.05, 0) is 6.42 Å². The molecule has 0 aliphatic carbocycles. The molecule has 0 fully saturated rings. The topological polar surface area (TPSA) is 134 Å². The summed E-state index contributed by atoms with van der Waals surface area (Å²) in [5, 5.41) is 0. The number of phosphoric acid groups is 1. The number of esters is 2. The highest BCUT2D eigenvalue weighted by Gasteiger charge is 2.25. The number of rotatable bonds is 15. The Balaban J connectivity index is 4.34. The van der Waals surface area contributed by atoms with Crippen molar-refractivity contribution < 1.29 is 37.6 Å². The van der Waals surface area contributed by atoms with Crippen molar-refractivity contribution in [1.82, 2.24) is 0 Å². The lowest BCUT2D eigenvalue weighted by atomic mass is 10.1. The average Bonchev–Trinajstić information content (AvgIpc) is 2.55. The molecule has 0 aliphatic rings. The van der Waals surface area contributed by atoms with Crippen molar-refractivity contribution in [2.45, 2.75) is 58.5 Å². The molecule has 0 radical (unpaired) electrons. The molecule has 1 unspecified atom stereocenters. The largest absolute Gasteiger partial charge is 0.472 e. The number of carbonyl (C=O) groups is 2. The second-order valence-corrected chi connectivity index (χ2v) is 6.92. The standard InChI is InChI=1S/C15H30NO8P/c1-3-4-5-6-7-8-15(18)24-14(11-21-13(2)17)12-23-25(19,20)22-10-9-16/h14H,3-12,16H2,1-2H3,(H,19,20)/t14-/m1/s1. The van der Waals surface area contributed by atoms with Gasteiger partial charge < -0.3 is 20.1 Å². The molecule has 25 heavy (non-hydrogen) atoms. The van der Waals surface area contributed by atoms with Crippen molar-refractivity contribution >= 4 is 19.8 Å². The van der Waals surface area contributed by atoms with Crippen LogP contribution >= 0.6 is 7.82 Å². The Bertz CT molecular complexity index is 432. The molecule has 9 nitrogen and oxygen atoms in total. The van der Waals surface area contributed by atoms with Gasteiger partial charge in [-0.3, -0.25) is 18.6 Å². The van der Waals surface area contributed by atoms with Crippen LogP contribution in [-0.4, -0.2) is 49.3 Å². The highest BCUT2D eigenvalue weighted by Crippen LogP contribution is 2.43. The maximum atomic E-state index is 11.8. The third-order valence-corrected chi connectivity index (χ3v) is 4.04. The van der Waals surface area contributed by atoms with Gasteiger partial charge in [0.05, 0.1) is 13.2 Å². The molecule has 0 bridgehead atoms. The number of nitrogens with two attached hydrogens (primary N) is 1. The lowest BCUT2D eigenvalue weighted by Gasteiger charge is -2.19. The lowest BCUT2D eigenvalue weighted by Crippen LogP contribution is -2.29. The number of hydrogen-bond donors (Lipinski definition) is 2. The van der Waals surface area contributed by atoms with Crippen LogP contribution in [0.2, 0.25) is 0 Å². The third-order valence-electron chi connectivity index (χ3n) is 3.05. The minimum Gasteiger partial charge on any atom is -0.462 e. The Morgan fingerprint density at radius 2 is 1.80 bits per heavy atom. The van der Waals surface area contributed by atoms with Gasteiger partial charge in [0.15, 0.2) is 6.10 Å². The van der Waals surface area contributed by atoms with E-state index in [-0.39, 0.29) is 26.2 Å². The molecule has 10 heteroatoms. The van der Waals surface area contributed by atoms with E-state index in [9.17, 15) is 19.0 Å². The van der Waals surface area contributed by atoms with Crippen LogP contribution in [0.25, 0.3) is 0 Å². The summed E-state index contributed by atoms with van der Waals surface area (Å²) < 4.78 is 30.8. The molecule has 0 spiro atoms. The SMILES string of the molecule is CCCCCCCC(=O)O[C@H](COC(C)=O)COP(=O)(O)OCCN. The van der Waals surface area contributed by atoms with Gasteiger partial charge in [-0.15, -0.1) is 0 Å². The summed E-state index contributed by atoms with van der Waals surface area (Å²) in [5.41, 5.74) is 5.18. The minimum atomic E-state index is -4.30. The lowest BCUT2D eigenvalue weighted by molar-refractivity contribution is -0.160. The molecule has 0 saturated carbocycles. The molecule has 0 aromatic heterocycles. The first-order chi connectivity index (χ1) is 11.8. The first-order valence-electron chi connectivity index (χ1n) is 8.45. The Kier molecular flexibility index (Phi) is 13.6. The fourth-order valence-electron chi connectivity index (χ4n) is 1.83. The Hall–Kier alpha value is -0.990. The maximum Gasteiger partial charge on any atom is 0.472 e. The molecule has 0 heterocycles. The Morgan fingerprint density at radius 3 is 2.40 bits per heavy atom. The second-order valence-electron chi connectivity index (χ2n) is 5.46. The molecule has 0 amide bonds. The summed E-state index contributed by atoms with van der Waals surface area (Å²) >= 11 is 0. The summed E-state index contributed by atoms with van der Waals surface area (Å²) in [6, 6.07) is 0. The first-order valence-corrected chi connectivity index (χ1v) is 9.95.